The number of aromatic nitrogens is 2. The zero-order valence-electron chi connectivity index (χ0n) is 16.9. The van der Waals surface area contributed by atoms with Gasteiger partial charge in [-0.1, -0.05) is 30.3 Å². The van der Waals surface area contributed by atoms with Crippen molar-refractivity contribution in [1.82, 2.24) is 19.6 Å². The molecule has 0 N–H and O–H groups in total. The van der Waals surface area contributed by atoms with Gasteiger partial charge in [0.2, 0.25) is 11.8 Å². The molecular weight excluding hydrogens is 352 g/mol. The molecule has 0 spiro atoms. The molecule has 1 saturated heterocycles. The van der Waals surface area contributed by atoms with Crippen LogP contribution < -0.4 is 0 Å². The first-order valence-corrected chi connectivity index (χ1v) is 10.0. The number of carbonyl (C=O) groups excluding carboxylic acids is 2. The fraction of sp³-hybridized carbons (Fsp3) is 0.500. The first-order valence-electron chi connectivity index (χ1n) is 10.0. The van der Waals surface area contributed by atoms with E-state index >= 15 is 0 Å². The molecular formula is C22H28N4O2. The molecule has 148 valence electrons. The summed E-state index contributed by atoms with van der Waals surface area (Å²) in [7, 11) is 1.93. The van der Waals surface area contributed by atoms with Gasteiger partial charge in [-0.15, -0.1) is 0 Å². The number of hydrogen-bond acceptors (Lipinski definition) is 3. The van der Waals surface area contributed by atoms with Crippen molar-refractivity contribution in [2.45, 2.75) is 51.6 Å². The summed E-state index contributed by atoms with van der Waals surface area (Å²) in [6, 6.07) is 10.4. The number of likely N-dealkylation sites (tertiary alicyclic amines) is 1. The van der Waals surface area contributed by atoms with Crippen molar-refractivity contribution in [3.05, 3.63) is 52.8 Å². The first kappa shape index (κ1) is 18.7. The molecule has 2 aliphatic rings. The van der Waals surface area contributed by atoms with E-state index in [0.29, 0.717) is 25.6 Å². The standard InChI is InChI=1S/C22H28N4O2/c1-15-20(16(2)24(3)23-15)13-26(19-9-10-19)22(28)14-25-12-18(11-21(25)27)17-7-5-4-6-8-17/h4-8,18-19H,9-14H2,1-3H3. The van der Waals surface area contributed by atoms with E-state index in [2.05, 4.69) is 17.2 Å². The second kappa shape index (κ2) is 7.41. The molecule has 0 bridgehead atoms. The third-order valence-electron chi connectivity index (χ3n) is 6.11. The zero-order valence-corrected chi connectivity index (χ0v) is 16.9. The van der Waals surface area contributed by atoms with E-state index in [1.54, 1.807) is 4.90 Å². The van der Waals surface area contributed by atoms with E-state index in [1.165, 1.54) is 5.56 Å². The van der Waals surface area contributed by atoms with E-state index in [4.69, 9.17) is 0 Å². The van der Waals surface area contributed by atoms with Crippen molar-refractivity contribution < 1.29 is 9.59 Å². The molecule has 1 atom stereocenters. The minimum atomic E-state index is 0.0483. The minimum Gasteiger partial charge on any atom is -0.334 e. The molecule has 1 aromatic heterocycles. The Kier molecular flexibility index (Phi) is 4.96. The highest BCUT2D eigenvalue weighted by atomic mass is 16.2. The molecule has 1 aliphatic carbocycles. The van der Waals surface area contributed by atoms with Crippen LogP contribution in [0.2, 0.25) is 0 Å². The smallest absolute Gasteiger partial charge is 0.242 e. The van der Waals surface area contributed by atoms with Crippen LogP contribution in [0.25, 0.3) is 0 Å². The van der Waals surface area contributed by atoms with Gasteiger partial charge in [-0.05, 0) is 32.3 Å². The number of rotatable bonds is 6. The molecule has 1 aliphatic heterocycles. The lowest BCUT2D eigenvalue weighted by atomic mass is 9.99. The number of hydrogen-bond donors (Lipinski definition) is 0. The average Bonchev–Trinajstić information content (AvgIpc) is 3.41. The molecule has 0 radical (unpaired) electrons. The average molecular weight is 380 g/mol. The molecule has 1 unspecified atom stereocenters. The lowest BCUT2D eigenvalue weighted by molar-refractivity contribution is -0.139. The van der Waals surface area contributed by atoms with Crippen molar-refractivity contribution >= 4 is 11.8 Å². The van der Waals surface area contributed by atoms with E-state index < -0.39 is 0 Å². The maximum absolute atomic E-state index is 13.1. The third kappa shape index (κ3) is 3.68. The third-order valence-corrected chi connectivity index (χ3v) is 6.11. The Balaban J connectivity index is 1.44. The van der Waals surface area contributed by atoms with E-state index in [-0.39, 0.29) is 24.3 Å². The summed E-state index contributed by atoms with van der Waals surface area (Å²) < 4.78 is 1.87. The maximum Gasteiger partial charge on any atom is 0.242 e. The van der Waals surface area contributed by atoms with Gasteiger partial charge in [0.15, 0.2) is 0 Å². The SMILES string of the molecule is Cc1nn(C)c(C)c1CN(C(=O)CN1CC(c2ccccc2)CC1=O)C1CC1. The fourth-order valence-corrected chi connectivity index (χ4v) is 4.15. The Morgan fingerprint density at radius 3 is 2.54 bits per heavy atom. The van der Waals surface area contributed by atoms with Gasteiger partial charge in [0.25, 0.3) is 0 Å². The predicted octanol–water partition coefficient (Wildman–Crippen LogP) is 2.54. The van der Waals surface area contributed by atoms with Gasteiger partial charge in [-0.25, -0.2) is 0 Å². The first-order chi connectivity index (χ1) is 13.4. The summed E-state index contributed by atoms with van der Waals surface area (Å²) in [6.07, 6.45) is 2.58. The maximum atomic E-state index is 13.1. The van der Waals surface area contributed by atoms with Crippen molar-refractivity contribution in [2.24, 2.45) is 7.05 Å². The highest BCUT2D eigenvalue weighted by molar-refractivity contribution is 5.87. The lowest BCUT2D eigenvalue weighted by Gasteiger charge is -2.26. The molecule has 2 heterocycles. The number of carbonyl (C=O) groups is 2. The van der Waals surface area contributed by atoms with Crippen LogP contribution in [0.15, 0.2) is 30.3 Å². The van der Waals surface area contributed by atoms with Gasteiger partial charge in [-0.3, -0.25) is 14.3 Å². The van der Waals surface area contributed by atoms with Crippen LogP contribution in [0.1, 0.15) is 47.7 Å². The van der Waals surface area contributed by atoms with Crippen LogP contribution in [-0.4, -0.2) is 50.5 Å². The Labute approximate surface area is 166 Å². The summed E-state index contributed by atoms with van der Waals surface area (Å²) >= 11 is 0. The zero-order chi connectivity index (χ0) is 19.8. The van der Waals surface area contributed by atoms with Crippen molar-refractivity contribution in [1.29, 1.82) is 0 Å². The molecule has 6 heteroatoms. The molecule has 1 aromatic carbocycles. The lowest BCUT2D eigenvalue weighted by Crippen LogP contribution is -2.42. The summed E-state index contributed by atoms with van der Waals surface area (Å²) in [4.78, 5) is 29.3. The predicted molar refractivity (Wildman–Crippen MR) is 107 cm³/mol. The molecule has 2 aromatic rings. The highest BCUT2D eigenvalue weighted by Gasteiger charge is 2.37. The van der Waals surface area contributed by atoms with Crippen molar-refractivity contribution in [3.8, 4) is 0 Å². The summed E-state index contributed by atoms with van der Waals surface area (Å²) in [6.45, 7) is 5.42. The van der Waals surface area contributed by atoms with Crippen LogP contribution >= 0.6 is 0 Å². The van der Waals surface area contributed by atoms with Gasteiger partial charge >= 0.3 is 0 Å². The van der Waals surface area contributed by atoms with Crippen molar-refractivity contribution in [3.63, 3.8) is 0 Å². The second-order valence-electron chi connectivity index (χ2n) is 8.11. The van der Waals surface area contributed by atoms with Crippen LogP contribution in [-0.2, 0) is 23.2 Å². The number of amides is 2. The molecule has 2 fully saturated rings. The largest absolute Gasteiger partial charge is 0.334 e. The van der Waals surface area contributed by atoms with Crippen LogP contribution in [0.3, 0.4) is 0 Å². The Morgan fingerprint density at radius 2 is 1.93 bits per heavy atom. The monoisotopic (exact) mass is 380 g/mol. The van der Waals surface area contributed by atoms with Crippen LogP contribution in [0.4, 0.5) is 0 Å². The second-order valence-corrected chi connectivity index (χ2v) is 8.11. The number of benzene rings is 1. The van der Waals surface area contributed by atoms with Gasteiger partial charge in [-0.2, -0.15) is 5.10 Å². The molecule has 6 nitrogen and oxygen atoms in total. The van der Waals surface area contributed by atoms with Gasteiger partial charge in [0, 0.05) is 49.8 Å². The normalized spacial score (nSPS) is 19.3. The minimum absolute atomic E-state index is 0.0483. The summed E-state index contributed by atoms with van der Waals surface area (Å²) in [5.41, 5.74) is 4.36. The quantitative estimate of drug-likeness (QED) is 0.774. The van der Waals surface area contributed by atoms with Crippen LogP contribution in [0.5, 0.6) is 0 Å². The Morgan fingerprint density at radius 1 is 1.21 bits per heavy atom. The molecule has 4 rings (SSSR count). The topological polar surface area (TPSA) is 58.4 Å². The Hall–Kier alpha value is -2.63. The van der Waals surface area contributed by atoms with Gasteiger partial charge in [0.05, 0.1) is 12.2 Å². The highest BCUT2D eigenvalue weighted by Crippen LogP contribution is 2.31. The number of aryl methyl sites for hydroxylation is 2. The van der Waals surface area contributed by atoms with E-state index in [0.717, 1.165) is 29.8 Å². The molecule has 1 saturated carbocycles. The molecule has 28 heavy (non-hydrogen) atoms. The number of nitrogens with zero attached hydrogens (tertiary/aromatic N) is 4. The van der Waals surface area contributed by atoms with Crippen LogP contribution in [0, 0.1) is 13.8 Å². The summed E-state index contributed by atoms with van der Waals surface area (Å²) in [5.74, 6) is 0.303. The van der Waals surface area contributed by atoms with Crippen molar-refractivity contribution in [2.75, 3.05) is 13.1 Å². The van der Waals surface area contributed by atoms with Gasteiger partial charge < -0.3 is 9.80 Å². The Bertz CT molecular complexity index is 885. The van der Waals surface area contributed by atoms with E-state index in [1.807, 2.05) is 48.7 Å². The fourth-order valence-electron chi connectivity index (χ4n) is 4.15. The van der Waals surface area contributed by atoms with E-state index in [9.17, 15) is 9.59 Å². The summed E-state index contributed by atoms with van der Waals surface area (Å²) in [5, 5.41) is 4.48. The van der Waals surface area contributed by atoms with Gasteiger partial charge in [0.1, 0.15) is 0 Å². The molecule has 2 amide bonds.